The minimum atomic E-state index is 0.112. The Morgan fingerprint density at radius 1 is 0.920 bits per heavy atom. The van der Waals surface area contributed by atoms with Crippen LogP contribution in [-0.4, -0.2) is 54.4 Å². The second-order valence-corrected chi connectivity index (χ2v) is 6.95. The smallest absolute Gasteiger partial charge is 0.226 e. The number of benzene rings is 1. The molecule has 1 aliphatic heterocycles. The molecule has 2 fully saturated rings. The lowest BCUT2D eigenvalue weighted by atomic mass is 9.88. The van der Waals surface area contributed by atoms with Gasteiger partial charge in [0, 0.05) is 32.1 Å². The van der Waals surface area contributed by atoms with Crippen LogP contribution in [-0.2, 0) is 9.59 Å². The summed E-state index contributed by atoms with van der Waals surface area (Å²) in [5.41, 5.74) is 0. The van der Waals surface area contributed by atoms with Gasteiger partial charge in [-0.25, -0.2) is 0 Å². The molecule has 2 amide bonds. The number of carbonyl (C=O) groups is 2. The SMILES string of the molecule is O=C(CCOc1ccccc1)N1CCN(C(=O)C2CCCCC2)CC1. The summed E-state index contributed by atoms with van der Waals surface area (Å²) in [6, 6.07) is 9.55. The van der Waals surface area contributed by atoms with Crippen LogP contribution >= 0.6 is 0 Å². The highest BCUT2D eigenvalue weighted by molar-refractivity contribution is 5.80. The molecule has 2 aliphatic rings. The predicted octanol–water partition coefficient (Wildman–Crippen LogP) is 2.71. The second kappa shape index (κ2) is 8.88. The Morgan fingerprint density at radius 3 is 2.24 bits per heavy atom. The molecule has 1 aliphatic carbocycles. The van der Waals surface area contributed by atoms with Crippen LogP contribution in [0.2, 0.25) is 0 Å². The van der Waals surface area contributed by atoms with Crippen molar-refractivity contribution in [3.05, 3.63) is 30.3 Å². The van der Waals surface area contributed by atoms with Crippen LogP contribution in [0.25, 0.3) is 0 Å². The summed E-state index contributed by atoms with van der Waals surface area (Å²) in [5, 5.41) is 0. The van der Waals surface area contributed by atoms with Crippen LogP contribution in [0.1, 0.15) is 38.5 Å². The second-order valence-electron chi connectivity index (χ2n) is 6.95. The van der Waals surface area contributed by atoms with Gasteiger partial charge in [-0.05, 0) is 25.0 Å². The Morgan fingerprint density at radius 2 is 1.56 bits per heavy atom. The highest BCUT2D eigenvalue weighted by Gasteiger charge is 2.29. The van der Waals surface area contributed by atoms with Crippen LogP contribution in [0.15, 0.2) is 30.3 Å². The summed E-state index contributed by atoms with van der Waals surface area (Å²) in [4.78, 5) is 28.7. The molecule has 5 heteroatoms. The Kier molecular flexibility index (Phi) is 6.31. The van der Waals surface area contributed by atoms with Gasteiger partial charge in [0.25, 0.3) is 0 Å². The van der Waals surface area contributed by atoms with Gasteiger partial charge < -0.3 is 14.5 Å². The van der Waals surface area contributed by atoms with Crippen molar-refractivity contribution in [3.8, 4) is 5.75 Å². The van der Waals surface area contributed by atoms with Crippen molar-refractivity contribution >= 4 is 11.8 Å². The monoisotopic (exact) mass is 344 g/mol. The van der Waals surface area contributed by atoms with E-state index in [1.807, 2.05) is 40.1 Å². The van der Waals surface area contributed by atoms with Crippen molar-refractivity contribution < 1.29 is 14.3 Å². The van der Waals surface area contributed by atoms with Crippen molar-refractivity contribution in [1.29, 1.82) is 0 Å². The number of hydrogen-bond acceptors (Lipinski definition) is 3. The van der Waals surface area contributed by atoms with Crippen LogP contribution in [0, 0.1) is 5.92 Å². The minimum Gasteiger partial charge on any atom is -0.493 e. The molecule has 1 saturated carbocycles. The summed E-state index contributed by atoms with van der Waals surface area (Å²) < 4.78 is 5.59. The number of hydrogen-bond donors (Lipinski definition) is 0. The zero-order chi connectivity index (χ0) is 17.5. The van der Waals surface area contributed by atoms with E-state index in [0.29, 0.717) is 45.1 Å². The fraction of sp³-hybridized carbons (Fsp3) is 0.600. The average molecular weight is 344 g/mol. The minimum absolute atomic E-state index is 0.112. The highest BCUT2D eigenvalue weighted by Crippen LogP contribution is 2.25. The van der Waals surface area contributed by atoms with Gasteiger partial charge in [-0.2, -0.15) is 0 Å². The summed E-state index contributed by atoms with van der Waals surface area (Å²) in [7, 11) is 0. The van der Waals surface area contributed by atoms with Crippen LogP contribution in [0.3, 0.4) is 0 Å². The van der Waals surface area contributed by atoms with Gasteiger partial charge in [-0.3, -0.25) is 9.59 Å². The van der Waals surface area contributed by atoms with E-state index in [0.717, 1.165) is 18.6 Å². The number of nitrogens with zero attached hydrogens (tertiary/aromatic N) is 2. The first kappa shape index (κ1) is 17.8. The predicted molar refractivity (Wildman–Crippen MR) is 96.3 cm³/mol. The third-order valence-electron chi connectivity index (χ3n) is 5.23. The fourth-order valence-electron chi connectivity index (χ4n) is 3.72. The number of ether oxygens (including phenoxy) is 1. The summed E-state index contributed by atoms with van der Waals surface area (Å²) >= 11 is 0. The molecule has 0 N–H and O–H groups in total. The molecule has 0 spiro atoms. The van der Waals surface area contributed by atoms with Gasteiger partial charge in [-0.15, -0.1) is 0 Å². The van der Waals surface area contributed by atoms with Gasteiger partial charge in [0.1, 0.15) is 5.75 Å². The van der Waals surface area contributed by atoms with E-state index in [1.165, 1.54) is 19.3 Å². The first-order valence-corrected chi connectivity index (χ1v) is 9.48. The van der Waals surface area contributed by atoms with Gasteiger partial charge in [0.15, 0.2) is 0 Å². The molecule has 0 bridgehead atoms. The number of piperazine rings is 1. The highest BCUT2D eigenvalue weighted by atomic mass is 16.5. The van der Waals surface area contributed by atoms with Crippen LogP contribution < -0.4 is 4.74 Å². The Bertz CT molecular complexity index is 562. The van der Waals surface area contributed by atoms with E-state index in [9.17, 15) is 9.59 Å². The lowest BCUT2D eigenvalue weighted by Crippen LogP contribution is -2.52. The maximum atomic E-state index is 12.6. The zero-order valence-corrected chi connectivity index (χ0v) is 14.9. The van der Waals surface area contributed by atoms with E-state index in [4.69, 9.17) is 4.74 Å². The number of amides is 2. The standard InChI is InChI=1S/C20H28N2O3/c23-19(11-16-25-18-9-5-2-6-10-18)21-12-14-22(15-13-21)20(24)17-7-3-1-4-8-17/h2,5-6,9-10,17H,1,3-4,7-8,11-16H2. The van der Waals surface area contributed by atoms with E-state index >= 15 is 0 Å². The van der Waals surface area contributed by atoms with Crippen molar-refractivity contribution in [1.82, 2.24) is 9.80 Å². The molecule has 136 valence electrons. The first-order chi connectivity index (χ1) is 12.2. The molecule has 1 heterocycles. The molecular formula is C20H28N2O3. The molecule has 1 aromatic carbocycles. The van der Waals surface area contributed by atoms with Crippen molar-refractivity contribution in [3.63, 3.8) is 0 Å². The molecule has 1 aromatic rings. The zero-order valence-electron chi connectivity index (χ0n) is 14.9. The van der Waals surface area contributed by atoms with Crippen molar-refractivity contribution in [2.45, 2.75) is 38.5 Å². The van der Waals surface area contributed by atoms with Crippen molar-refractivity contribution in [2.75, 3.05) is 32.8 Å². The average Bonchev–Trinajstić information content (AvgIpc) is 2.69. The lowest BCUT2D eigenvalue weighted by molar-refractivity contribution is -0.143. The number of carbonyl (C=O) groups excluding carboxylic acids is 2. The van der Waals surface area contributed by atoms with Gasteiger partial charge in [0.2, 0.25) is 11.8 Å². The van der Waals surface area contributed by atoms with E-state index in [1.54, 1.807) is 0 Å². The molecule has 0 radical (unpaired) electrons. The molecular weight excluding hydrogens is 316 g/mol. The summed E-state index contributed by atoms with van der Waals surface area (Å²) in [6.07, 6.45) is 6.07. The molecule has 1 saturated heterocycles. The normalized spacial score (nSPS) is 18.9. The van der Waals surface area contributed by atoms with E-state index in [2.05, 4.69) is 0 Å². The Labute approximate surface area is 149 Å². The summed E-state index contributed by atoms with van der Waals surface area (Å²) in [6.45, 7) is 3.01. The van der Waals surface area contributed by atoms with Gasteiger partial charge in [-0.1, -0.05) is 37.5 Å². The van der Waals surface area contributed by atoms with Crippen LogP contribution in [0.5, 0.6) is 5.75 Å². The van der Waals surface area contributed by atoms with Crippen LogP contribution in [0.4, 0.5) is 0 Å². The molecule has 5 nitrogen and oxygen atoms in total. The Hall–Kier alpha value is -2.04. The molecule has 3 rings (SSSR count). The number of rotatable bonds is 5. The topological polar surface area (TPSA) is 49.9 Å². The molecule has 0 unspecified atom stereocenters. The van der Waals surface area contributed by atoms with E-state index in [-0.39, 0.29) is 11.8 Å². The van der Waals surface area contributed by atoms with E-state index < -0.39 is 0 Å². The quantitative estimate of drug-likeness (QED) is 0.825. The largest absolute Gasteiger partial charge is 0.493 e. The molecule has 0 atom stereocenters. The first-order valence-electron chi connectivity index (χ1n) is 9.48. The molecule has 0 aromatic heterocycles. The van der Waals surface area contributed by atoms with Gasteiger partial charge >= 0.3 is 0 Å². The maximum Gasteiger partial charge on any atom is 0.226 e. The maximum absolute atomic E-state index is 12.6. The lowest BCUT2D eigenvalue weighted by Gasteiger charge is -2.37. The Balaban J connectivity index is 1.37. The fourth-order valence-corrected chi connectivity index (χ4v) is 3.72. The summed E-state index contributed by atoms with van der Waals surface area (Å²) in [5.74, 6) is 1.42. The van der Waals surface area contributed by atoms with Gasteiger partial charge in [0.05, 0.1) is 13.0 Å². The van der Waals surface area contributed by atoms with Crippen molar-refractivity contribution in [2.24, 2.45) is 5.92 Å². The third kappa shape index (κ3) is 4.97. The number of para-hydroxylation sites is 1. The molecule has 25 heavy (non-hydrogen) atoms. The third-order valence-corrected chi connectivity index (χ3v) is 5.23.